The number of carbonyl (C=O) groups excluding carboxylic acids is 1. The Morgan fingerprint density at radius 3 is 2.59 bits per heavy atom. The minimum absolute atomic E-state index is 0.102. The van der Waals surface area contributed by atoms with E-state index in [1.165, 1.54) is 11.8 Å². The van der Waals surface area contributed by atoms with Crippen LogP contribution in [0.3, 0.4) is 0 Å². The van der Waals surface area contributed by atoms with Gasteiger partial charge in [0.2, 0.25) is 5.91 Å². The van der Waals surface area contributed by atoms with E-state index in [1.807, 2.05) is 49.3 Å². The highest BCUT2D eigenvalue weighted by molar-refractivity contribution is 8.15. The van der Waals surface area contributed by atoms with Crippen LogP contribution in [0.5, 0.6) is 0 Å². The fourth-order valence-corrected chi connectivity index (χ4v) is 3.92. The molecule has 1 atom stereocenters. The molecule has 0 radical (unpaired) electrons. The second kappa shape index (κ2) is 8.78. The number of nitrogens with zero attached hydrogens (tertiary/aromatic N) is 3. The zero-order chi connectivity index (χ0) is 19.4. The van der Waals surface area contributed by atoms with Crippen molar-refractivity contribution in [2.75, 3.05) is 19.0 Å². The Balaban J connectivity index is 1.62. The van der Waals surface area contributed by atoms with Crippen LogP contribution >= 0.6 is 35.0 Å². The van der Waals surface area contributed by atoms with Crippen LogP contribution in [0.15, 0.2) is 52.7 Å². The van der Waals surface area contributed by atoms with Crippen LogP contribution in [0.1, 0.15) is 11.1 Å². The Morgan fingerprint density at radius 1 is 1.19 bits per heavy atom. The molecule has 1 heterocycles. The first-order valence-electron chi connectivity index (χ1n) is 8.22. The molecule has 5 nitrogen and oxygen atoms in total. The van der Waals surface area contributed by atoms with E-state index < -0.39 is 0 Å². The maximum Gasteiger partial charge on any atom is 0.239 e. The van der Waals surface area contributed by atoms with Crippen molar-refractivity contribution in [3.05, 3.63) is 63.6 Å². The minimum Gasteiger partial charge on any atom is -0.378 e. The Kier molecular flexibility index (Phi) is 6.42. The summed E-state index contributed by atoms with van der Waals surface area (Å²) in [4.78, 5) is 14.2. The lowest BCUT2D eigenvalue weighted by molar-refractivity contribution is -0.118. The van der Waals surface area contributed by atoms with Crippen LogP contribution in [0, 0.1) is 0 Å². The average Bonchev–Trinajstić information content (AvgIpc) is 2.97. The Labute approximate surface area is 172 Å². The lowest BCUT2D eigenvalue weighted by atomic mass is 10.1. The maximum absolute atomic E-state index is 12.2. The van der Waals surface area contributed by atoms with Crippen LogP contribution in [0.2, 0.25) is 10.0 Å². The molecule has 140 valence electrons. The molecule has 27 heavy (non-hydrogen) atoms. The zero-order valence-corrected chi connectivity index (χ0v) is 17.1. The molecule has 1 fully saturated rings. The summed E-state index contributed by atoms with van der Waals surface area (Å²) in [5.74, 6) is -0.102. The zero-order valence-electron chi connectivity index (χ0n) is 14.8. The highest BCUT2D eigenvalue weighted by Gasteiger charge is 2.30. The number of hydrogen-bond acceptors (Lipinski definition) is 5. The second-order valence-corrected chi connectivity index (χ2v) is 8.21. The van der Waals surface area contributed by atoms with E-state index in [9.17, 15) is 4.79 Å². The summed E-state index contributed by atoms with van der Waals surface area (Å²) in [6.45, 7) is 0. The van der Waals surface area contributed by atoms with Crippen molar-refractivity contribution < 1.29 is 4.79 Å². The fourth-order valence-electron chi connectivity index (χ4n) is 2.48. The molecule has 2 aromatic rings. The summed E-state index contributed by atoms with van der Waals surface area (Å²) in [7, 11) is 3.98. The van der Waals surface area contributed by atoms with E-state index in [0.29, 0.717) is 21.6 Å². The molecular formula is C19H18Cl2N4OS. The van der Waals surface area contributed by atoms with Crippen molar-refractivity contribution in [1.29, 1.82) is 0 Å². The van der Waals surface area contributed by atoms with E-state index in [0.717, 1.165) is 16.8 Å². The third kappa shape index (κ3) is 5.25. The first kappa shape index (κ1) is 19.7. The summed E-state index contributed by atoms with van der Waals surface area (Å²) in [6, 6.07) is 13.2. The van der Waals surface area contributed by atoms with Crippen molar-refractivity contribution in [2.45, 2.75) is 11.7 Å². The molecule has 3 rings (SSSR count). The normalized spacial score (nSPS) is 18.3. The maximum atomic E-state index is 12.2. The number of thioether (sulfide) groups is 1. The summed E-state index contributed by atoms with van der Waals surface area (Å²) in [5.41, 5.74) is 2.92. The number of rotatable bonds is 5. The van der Waals surface area contributed by atoms with Gasteiger partial charge in [0.15, 0.2) is 5.17 Å². The van der Waals surface area contributed by atoms with E-state index in [4.69, 9.17) is 23.2 Å². The average molecular weight is 421 g/mol. The fraction of sp³-hybridized carbons (Fsp3) is 0.211. The van der Waals surface area contributed by atoms with Gasteiger partial charge in [-0.3, -0.25) is 4.79 Å². The third-order valence-electron chi connectivity index (χ3n) is 3.96. The van der Waals surface area contributed by atoms with Crippen molar-refractivity contribution in [3.63, 3.8) is 0 Å². The number of halogens is 2. The molecule has 0 spiro atoms. The molecule has 0 bridgehead atoms. The molecular weight excluding hydrogens is 403 g/mol. The van der Waals surface area contributed by atoms with Gasteiger partial charge in [-0.2, -0.15) is 5.10 Å². The minimum atomic E-state index is -0.294. The molecule has 1 amide bonds. The molecule has 8 heteroatoms. The lowest BCUT2D eigenvalue weighted by Gasteiger charge is -2.11. The standard InChI is InChI=1S/C19H18Cl2N4OS/c1-25(2)15-7-3-12(4-8-15)11-22-24-19-23-18(26)17(27-19)9-13-5-6-14(20)10-16(13)21/h3-8,10-11,17H,9H2,1-2H3,(H,23,24,26)/b22-11-/t17-/m1/s1. The van der Waals surface area contributed by atoms with Gasteiger partial charge in [0.25, 0.3) is 0 Å². The van der Waals surface area contributed by atoms with Gasteiger partial charge < -0.3 is 10.2 Å². The SMILES string of the molecule is CN(C)c1ccc(/C=N\N=C2/NC(=O)[C@@H](Cc3ccc(Cl)cc3Cl)S2)cc1. The van der Waals surface area contributed by atoms with Crippen molar-refractivity contribution in [1.82, 2.24) is 5.32 Å². The number of anilines is 1. The number of amides is 1. The van der Waals surface area contributed by atoms with Gasteiger partial charge in [0, 0.05) is 29.8 Å². The van der Waals surface area contributed by atoms with Gasteiger partial charge >= 0.3 is 0 Å². The van der Waals surface area contributed by atoms with Crippen molar-refractivity contribution in [2.24, 2.45) is 10.2 Å². The number of amidine groups is 1. The number of hydrogen-bond donors (Lipinski definition) is 1. The van der Waals surface area contributed by atoms with Gasteiger partial charge in [-0.1, -0.05) is 53.2 Å². The molecule has 0 aliphatic carbocycles. The highest BCUT2D eigenvalue weighted by Crippen LogP contribution is 2.28. The van der Waals surface area contributed by atoms with E-state index in [-0.39, 0.29) is 11.2 Å². The predicted molar refractivity (Wildman–Crippen MR) is 115 cm³/mol. The molecule has 0 aromatic heterocycles. The molecule has 2 aromatic carbocycles. The van der Waals surface area contributed by atoms with Crippen LogP contribution in [0.4, 0.5) is 5.69 Å². The third-order valence-corrected chi connectivity index (χ3v) is 5.62. The molecule has 0 saturated carbocycles. The molecule has 1 aliphatic rings. The Bertz CT molecular complexity index is 897. The van der Waals surface area contributed by atoms with E-state index >= 15 is 0 Å². The summed E-state index contributed by atoms with van der Waals surface area (Å²) in [5, 5.41) is 12.2. The number of carbonyl (C=O) groups is 1. The van der Waals surface area contributed by atoms with Gasteiger partial charge in [-0.15, -0.1) is 5.10 Å². The Morgan fingerprint density at radius 2 is 1.93 bits per heavy atom. The van der Waals surface area contributed by atoms with Crippen molar-refractivity contribution in [3.8, 4) is 0 Å². The molecule has 0 unspecified atom stereocenters. The van der Waals surface area contributed by atoms with Crippen LogP contribution in [0.25, 0.3) is 0 Å². The summed E-state index contributed by atoms with van der Waals surface area (Å²) >= 11 is 13.4. The molecule has 1 saturated heterocycles. The first-order chi connectivity index (χ1) is 12.9. The quantitative estimate of drug-likeness (QED) is 0.581. The summed E-state index contributed by atoms with van der Waals surface area (Å²) < 4.78 is 0. The van der Waals surface area contributed by atoms with Crippen LogP contribution in [-0.2, 0) is 11.2 Å². The van der Waals surface area contributed by atoms with E-state index in [2.05, 4.69) is 15.5 Å². The number of benzene rings is 2. The van der Waals surface area contributed by atoms with Gasteiger partial charge in [0.1, 0.15) is 0 Å². The van der Waals surface area contributed by atoms with Gasteiger partial charge in [-0.25, -0.2) is 0 Å². The summed E-state index contributed by atoms with van der Waals surface area (Å²) in [6.07, 6.45) is 2.16. The highest BCUT2D eigenvalue weighted by atomic mass is 35.5. The number of nitrogens with one attached hydrogen (secondary N) is 1. The second-order valence-electron chi connectivity index (χ2n) is 6.17. The largest absolute Gasteiger partial charge is 0.378 e. The Hall–Kier alpha value is -2.02. The smallest absolute Gasteiger partial charge is 0.239 e. The van der Waals surface area contributed by atoms with Crippen LogP contribution < -0.4 is 10.2 Å². The van der Waals surface area contributed by atoms with Crippen molar-refractivity contribution >= 4 is 57.9 Å². The van der Waals surface area contributed by atoms with Gasteiger partial charge in [0.05, 0.1) is 11.5 Å². The van der Waals surface area contributed by atoms with E-state index in [1.54, 1.807) is 18.3 Å². The van der Waals surface area contributed by atoms with Crippen LogP contribution in [-0.4, -0.2) is 36.6 Å². The molecule has 1 aliphatic heterocycles. The van der Waals surface area contributed by atoms with Gasteiger partial charge in [-0.05, 0) is 41.8 Å². The topological polar surface area (TPSA) is 57.1 Å². The monoisotopic (exact) mass is 420 g/mol. The lowest BCUT2D eigenvalue weighted by Crippen LogP contribution is -2.26. The molecule has 1 N–H and O–H groups in total. The predicted octanol–water partition coefficient (Wildman–Crippen LogP) is 4.22. The first-order valence-corrected chi connectivity index (χ1v) is 9.86.